The van der Waals surface area contributed by atoms with Crippen LogP contribution in [-0.2, 0) is 17.8 Å². The van der Waals surface area contributed by atoms with E-state index in [0.29, 0.717) is 18.9 Å². The van der Waals surface area contributed by atoms with Gasteiger partial charge >= 0.3 is 0 Å². The molecule has 5 nitrogen and oxygen atoms in total. The van der Waals surface area contributed by atoms with Gasteiger partial charge in [-0.05, 0) is 67.5 Å². The summed E-state index contributed by atoms with van der Waals surface area (Å²) in [5.41, 5.74) is 5.52. The van der Waals surface area contributed by atoms with Crippen molar-refractivity contribution in [3.63, 3.8) is 0 Å². The van der Waals surface area contributed by atoms with Crippen molar-refractivity contribution in [3.05, 3.63) is 95.3 Å². The molecule has 1 N–H and O–H groups in total. The van der Waals surface area contributed by atoms with Gasteiger partial charge in [0.05, 0.1) is 30.1 Å². The fraction of sp³-hybridized carbons (Fsp3) is 0.355. The fourth-order valence-electron chi connectivity index (χ4n) is 4.60. The van der Waals surface area contributed by atoms with Crippen molar-refractivity contribution in [2.45, 2.75) is 65.5 Å². The highest BCUT2D eigenvalue weighted by Gasteiger charge is 2.18. The number of rotatable bonds is 11. The van der Waals surface area contributed by atoms with Crippen LogP contribution in [0, 0.1) is 6.92 Å². The van der Waals surface area contributed by atoms with Crippen molar-refractivity contribution in [1.82, 2.24) is 14.9 Å². The fourth-order valence-corrected chi connectivity index (χ4v) is 4.60. The Morgan fingerprint density at radius 1 is 0.972 bits per heavy atom. The Hall–Kier alpha value is -3.60. The molecule has 36 heavy (non-hydrogen) atoms. The number of nitrogens with zero attached hydrogens (tertiary/aromatic N) is 2. The zero-order chi connectivity index (χ0) is 25.5. The van der Waals surface area contributed by atoms with Crippen LogP contribution in [-0.4, -0.2) is 22.1 Å². The van der Waals surface area contributed by atoms with E-state index in [1.807, 2.05) is 55.5 Å². The van der Waals surface area contributed by atoms with E-state index in [1.165, 1.54) is 11.1 Å². The molecule has 4 rings (SSSR count). The molecule has 1 heterocycles. The van der Waals surface area contributed by atoms with Crippen LogP contribution in [0.4, 0.5) is 0 Å². The molecule has 5 heteroatoms. The lowest BCUT2D eigenvalue weighted by Gasteiger charge is -2.17. The van der Waals surface area contributed by atoms with Crippen LogP contribution in [0.5, 0.6) is 5.75 Å². The number of ether oxygens (including phenoxy) is 1. The molecular formula is C31H37N3O2. The normalized spacial score (nSPS) is 12.1. The lowest BCUT2D eigenvalue weighted by Crippen LogP contribution is -2.30. The van der Waals surface area contributed by atoms with Gasteiger partial charge in [-0.1, -0.05) is 68.4 Å². The quantitative estimate of drug-likeness (QED) is 0.240. The summed E-state index contributed by atoms with van der Waals surface area (Å²) < 4.78 is 8.44. The third kappa shape index (κ3) is 6.34. The highest BCUT2D eigenvalue weighted by molar-refractivity contribution is 5.79. The average Bonchev–Trinajstić information content (AvgIpc) is 3.23. The minimum Gasteiger partial charge on any atom is -0.493 e. The molecule has 0 aliphatic heterocycles. The molecule has 1 atom stereocenters. The zero-order valence-corrected chi connectivity index (χ0v) is 21.8. The first-order chi connectivity index (χ1) is 17.4. The van der Waals surface area contributed by atoms with Crippen LogP contribution in [0.25, 0.3) is 11.0 Å². The Bertz CT molecular complexity index is 1290. The summed E-state index contributed by atoms with van der Waals surface area (Å²) in [5.74, 6) is 2.31. The molecule has 0 aliphatic carbocycles. The van der Waals surface area contributed by atoms with Gasteiger partial charge in [-0.25, -0.2) is 4.98 Å². The Kier molecular flexibility index (Phi) is 8.42. The van der Waals surface area contributed by atoms with Crippen molar-refractivity contribution < 1.29 is 9.53 Å². The van der Waals surface area contributed by atoms with E-state index < -0.39 is 0 Å². The molecule has 188 valence electrons. The van der Waals surface area contributed by atoms with Crippen molar-refractivity contribution in [2.24, 2.45) is 0 Å². The maximum absolute atomic E-state index is 12.7. The predicted molar refractivity (Wildman–Crippen MR) is 146 cm³/mol. The van der Waals surface area contributed by atoms with Gasteiger partial charge in [-0.3, -0.25) is 4.79 Å². The van der Waals surface area contributed by atoms with E-state index in [4.69, 9.17) is 9.72 Å². The van der Waals surface area contributed by atoms with Gasteiger partial charge in [-0.15, -0.1) is 0 Å². The molecule has 4 aromatic rings. The monoisotopic (exact) mass is 483 g/mol. The Balaban J connectivity index is 1.39. The number of nitrogens with one attached hydrogen (secondary N) is 1. The summed E-state index contributed by atoms with van der Waals surface area (Å²) in [7, 11) is 0. The maximum Gasteiger partial charge on any atom is 0.224 e. The first kappa shape index (κ1) is 25.5. The summed E-state index contributed by atoms with van der Waals surface area (Å²) in [6.07, 6.45) is 2.26. The van der Waals surface area contributed by atoms with Crippen LogP contribution < -0.4 is 10.1 Å². The second-order valence-corrected chi connectivity index (χ2v) is 9.81. The number of hydrogen-bond donors (Lipinski definition) is 1. The van der Waals surface area contributed by atoms with Crippen LogP contribution >= 0.6 is 0 Å². The Labute approximate surface area is 214 Å². The second kappa shape index (κ2) is 11.9. The van der Waals surface area contributed by atoms with Crippen LogP contribution in [0.15, 0.2) is 72.8 Å². The third-order valence-electron chi connectivity index (χ3n) is 6.48. The standard InChI is InChI=1S/C31H37N3O2/c1-22(2)26-17-16-23(3)20-29(26)36-19-11-10-18-34-28-15-9-8-14-27(28)33-31(34)24(4)32-30(35)21-25-12-6-5-7-13-25/h5-9,12-17,20,22,24H,10-11,18-19,21H2,1-4H3,(H,32,35). The van der Waals surface area contributed by atoms with E-state index in [1.54, 1.807) is 0 Å². The molecule has 0 radical (unpaired) electrons. The van der Waals surface area contributed by atoms with Gasteiger partial charge in [0, 0.05) is 6.54 Å². The summed E-state index contributed by atoms with van der Waals surface area (Å²) in [5, 5.41) is 3.14. The number of carbonyl (C=O) groups excluding carboxylic acids is 1. The number of hydrogen-bond acceptors (Lipinski definition) is 3. The van der Waals surface area contributed by atoms with Crippen molar-refractivity contribution in [3.8, 4) is 5.75 Å². The highest BCUT2D eigenvalue weighted by Crippen LogP contribution is 2.28. The molecule has 1 amide bonds. The topological polar surface area (TPSA) is 56.1 Å². The number of amides is 1. The van der Waals surface area contributed by atoms with Gasteiger partial charge in [-0.2, -0.15) is 0 Å². The number of carbonyl (C=O) groups is 1. The molecule has 0 bridgehead atoms. The van der Waals surface area contributed by atoms with Gasteiger partial charge in [0.15, 0.2) is 0 Å². The number of benzene rings is 3. The molecule has 0 spiro atoms. The third-order valence-corrected chi connectivity index (χ3v) is 6.48. The second-order valence-electron chi connectivity index (χ2n) is 9.81. The largest absolute Gasteiger partial charge is 0.493 e. The van der Waals surface area contributed by atoms with Gasteiger partial charge < -0.3 is 14.6 Å². The number of para-hydroxylation sites is 2. The van der Waals surface area contributed by atoms with E-state index in [9.17, 15) is 4.79 Å². The number of aryl methyl sites for hydroxylation is 2. The van der Waals surface area contributed by atoms with Gasteiger partial charge in [0.25, 0.3) is 0 Å². The summed E-state index contributed by atoms with van der Waals surface area (Å²) in [4.78, 5) is 17.6. The molecule has 0 aliphatic rings. The molecule has 0 saturated carbocycles. The van der Waals surface area contributed by atoms with Crippen LogP contribution in [0.1, 0.15) is 68.1 Å². The first-order valence-electron chi connectivity index (χ1n) is 12.9. The molecule has 0 saturated heterocycles. The molecule has 1 unspecified atom stereocenters. The molecule has 1 aromatic heterocycles. The SMILES string of the molecule is Cc1ccc(C(C)C)c(OCCCCn2c(C(C)NC(=O)Cc3ccccc3)nc3ccccc32)c1. The van der Waals surface area contributed by atoms with Crippen LogP contribution in [0.2, 0.25) is 0 Å². The first-order valence-corrected chi connectivity index (χ1v) is 12.9. The van der Waals surface area contributed by atoms with Crippen molar-refractivity contribution in [2.75, 3.05) is 6.61 Å². The number of aromatic nitrogens is 2. The number of imidazole rings is 1. The summed E-state index contributed by atoms with van der Waals surface area (Å²) in [6.45, 7) is 10.0. The van der Waals surface area contributed by atoms with E-state index in [2.05, 4.69) is 54.9 Å². The predicted octanol–water partition coefficient (Wildman–Crippen LogP) is 6.75. The lowest BCUT2D eigenvalue weighted by molar-refractivity contribution is -0.121. The van der Waals surface area contributed by atoms with Crippen molar-refractivity contribution in [1.29, 1.82) is 0 Å². The van der Waals surface area contributed by atoms with E-state index in [-0.39, 0.29) is 11.9 Å². The zero-order valence-electron chi connectivity index (χ0n) is 21.8. The maximum atomic E-state index is 12.7. The highest BCUT2D eigenvalue weighted by atomic mass is 16.5. The lowest BCUT2D eigenvalue weighted by atomic mass is 10.0. The molecule has 0 fully saturated rings. The minimum atomic E-state index is -0.189. The Morgan fingerprint density at radius 2 is 1.72 bits per heavy atom. The van der Waals surface area contributed by atoms with Crippen LogP contribution in [0.3, 0.4) is 0 Å². The van der Waals surface area contributed by atoms with Crippen molar-refractivity contribution >= 4 is 16.9 Å². The smallest absolute Gasteiger partial charge is 0.224 e. The minimum absolute atomic E-state index is 0.000169. The van der Waals surface area contributed by atoms with E-state index in [0.717, 1.165) is 47.6 Å². The van der Waals surface area contributed by atoms with Gasteiger partial charge in [0.1, 0.15) is 11.6 Å². The number of unbranched alkanes of at least 4 members (excludes halogenated alkanes) is 1. The average molecular weight is 484 g/mol. The summed E-state index contributed by atoms with van der Waals surface area (Å²) in [6, 6.07) is 24.3. The molecular weight excluding hydrogens is 446 g/mol. The molecule has 3 aromatic carbocycles. The number of fused-ring (bicyclic) bond motifs is 1. The van der Waals surface area contributed by atoms with Gasteiger partial charge in [0.2, 0.25) is 5.91 Å². The van der Waals surface area contributed by atoms with E-state index >= 15 is 0 Å². The summed E-state index contributed by atoms with van der Waals surface area (Å²) >= 11 is 0. The Morgan fingerprint density at radius 3 is 2.50 bits per heavy atom.